The van der Waals surface area contributed by atoms with Crippen LogP contribution in [0.5, 0.6) is 0 Å². The highest BCUT2D eigenvalue weighted by atomic mass is 32.2. The molecule has 0 amide bonds. The molecule has 2 heterocycles. The van der Waals surface area contributed by atoms with Gasteiger partial charge in [-0.25, -0.2) is 13.2 Å². The first kappa shape index (κ1) is 14.0. The molecule has 0 spiro atoms. The molecule has 1 N–H and O–H groups in total. The number of hydrogen-bond donors (Lipinski definition) is 1. The Bertz CT molecular complexity index is 702. The predicted octanol–water partition coefficient (Wildman–Crippen LogP) is -1.64. The highest BCUT2D eigenvalue weighted by Gasteiger charge is 2.27. The Labute approximate surface area is 110 Å². The monoisotopic (exact) mass is 287 g/mol. The zero-order valence-electron chi connectivity index (χ0n) is 10.9. The van der Waals surface area contributed by atoms with E-state index in [1.807, 2.05) is 0 Å². The minimum atomic E-state index is -2.93. The van der Waals surface area contributed by atoms with E-state index in [0.29, 0.717) is 12.0 Å². The fraction of sp³-hybridized carbons (Fsp3) is 0.636. The van der Waals surface area contributed by atoms with Crippen LogP contribution in [0.1, 0.15) is 12.0 Å². The van der Waals surface area contributed by atoms with Crippen molar-refractivity contribution in [3.8, 4) is 0 Å². The third kappa shape index (κ3) is 2.95. The SMILES string of the molecule is Cn1cc(CNC2CCS(=O)(=O)C2)c(=O)n(C)c1=O. The van der Waals surface area contributed by atoms with Crippen LogP contribution in [0.25, 0.3) is 0 Å². The summed E-state index contributed by atoms with van der Waals surface area (Å²) in [4.78, 5) is 23.4. The molecule has 1 saturated heterocycles. The molecular formula is C11H17N3O4S. The molecule has 0 bridgehead atoms. The van der Waals surface area contributed by atoms with Crippen molar-refractivity contribution in [3.63, 3.8) is 0 Å². The largest absolute Gasteiger partial charge is 0.330 e. The average molecular weight is 287 g/mol. The topological polar surface area (TPSA) is 90.2 Å². The van der Waals surface area contributed by atoms with Gasteiger partial charge in [-0.1, -0.05) is 0 Å². The Morgan fingerprint density at radius 1 is 1.37 bits per heavy atom. The summed E-state index contributed by atoms with van der Waals surface area (Å²) in [5.41, 5.74) is -0.275. The average Bonchev–Trinajstić information content (AvgIpc) is 2.69. The van der Waals surface area contributed by atoms with Crippen molar-refractivity contribution in [1.29, 1.82) is 0 Å². The van der Waals surface area contributed by atoms with Gasteiger partial charge < -0.3 is 9.88 Å². The van der Waals surface area contributed by atoms with E-state index in [1.165, 1.54) is 17.8 Å². The first-order valence-corrected chi connectivity index (χ1v) is 7.81. The lowest BCUT2D eigenvalue weighted by molar-refractivity contribution is 0.543. The number of sulfone groups is 1. The smallest absolute Gasteiger partial charge is 0.309 e. The van der Waals surface area contributed by atoms with E-state index < -0.39 is 9.84 Å². The summed E-state index contributed by atoms with van der Waals surface area (Å²) in [5.74, 6) is 0.301. The fourth-order valence-corrected chi connectivity index (χ4v) is 3.92. The summed E-state index contributed by atoms with van der Waals surface area (Å²) in [5, 5.41) is 3.06. The molecule has 19 heavy (non-hydrogen) atoms. The van der Waals surface area contributed by atoms with Gasteiger partial charge in [0.05, 0.1) is 11.5 Å². The minimum Gasteiger partial charge on any atom is -0.309 e. The summed E-state index contributed by atoms with van der Waals surface area (Å²) in [6.07, 6.45) is 2.05. The number of rotatable bonds is 3. The molecule has 1 aliphatic rings. The van der Waals surface area contributed by atoms with Crippen LogP contribution in [-0.4, -0.2) is 35.1 Å². The lowest BCUT2D eigenvalue weighted by atomic mass is 10.2. The van der Waals surface area contributed by atoms with E-state index in [-0.39, 0.29) is 35.3 Å². The van der Waals surface area contributed by atoms with E-state index in [9.17, 15) is 18.0 Å². The van der Waals surface area contributed by atoms with Crippen molar-refractivity contribution in [2.45, 2.75) is 19.0 Å². The van der Waals surface area contributed by atoms with Gasteiger partial charge in [0.25, 0.3) is 5.56 Å². The predicted molar refractivity (Wildman–Crippen MR) is 70.8 cm³/mol. The third-order valence-corrected chi connectivity index (χ3v) is 5.10. The second-order valence-corrected chi connectivity index (χ2v) is 7.12. The van der Waals surface area contributed by atoms with Crippen molar-refractivity contribution in [3.05, 3.63) is 32.6 Å². The van der Waals surface area contributed by atoms with Gasteiger partial charge in [-0.2, -0.15) is 0 Å². The van der Waals surface area contributed by atoms with Gasteiger partial charge in [-0.15, -0.1) is 0 Å². The molecule has 1 aromatic heterocycles. The van der Waals surface area contributed by atoms with Gasteiger partial charge in [0.1, 0.15) is 0 Å². The van der Waals surface area contributed by atoms with Crippen LogP contribution in [-0.2, 0) is 30.5 Å². The Hall–Kier alpha value is -1.41. The Kier molecular flexibility index (Phi) is 3.64. The van der Waals surface area contributed by atoms with E-state index in [4.69, 9.17) is 0 Å². The van der Waals surface area contributed by atoms with Crippen LogP contribution in [0.2, 0.25) is 0 Å². The molecule has 0 aliphatic carbocycles. The van der Waals surface area contributed by atoms with E-state index in [0.717, 1.165) is 4.57 Å². The Morgan fingerprint density at radius 3 is 2.63 bits per heavy atom. The third-order valence-electron chi connectivity index (χ3n) is 3.33. The van der Waals surface area contributed by atoms with Gasteiger partial charge >= 0.3 is 5.69 Å². The summed E-state index contributed by atoms with van der Waals surface area (Å²) < 4.78 is 25.0. The quantitative estimate of drug-likeness (QED) is 0.720. The fourth-order valence-electron chi connectivity index (χ4n) is 2.21. The number of nitrogens with one attached hydrogen (secondary N) is 1. The maximum absolute atomic E-state index is 11.9. The Balaban J connectivity index is 2.13. The zero-order valence-corrected chi connectivity index (χ0v) is 11.7. The van der Waals surface area contributed by atoms with Crippen LogP contribution in [0, 0.1) is 0 Å². The number of nitrogens with zero attached hydrogens (tertiary/aromatic N) is 2. The summed E-state index contributed by atoms with van der Waals surface area (Å²) in [6, 6.07) is -0.119. The molecule has 0 radical (unpaired) electrons. The summed E-state index contributed by atoms with van der Waals surface area (Å²) in [7, 11) is 0.0654. The van der Waals surface area contributed by atoms with Crippen LogP contribution in [0.3, 0.4) is 0 Å². The van der Waals surface area contributed by atoms with Crippen LogP contribution in [0.4, 0.5) is 0 Å². The molecular weight excluding hydrogens is 270 g/mol. The van der Waals surface area contributed by atoms with Crippen molar-refractivity contribution in [2.24, 2.45) is 14.1 Å². The second kappa shape index (κ2) is 4.93. The summed E-state index contributed by atoms with van der Waals surface area (Å²) >= 11 is 0. The highest BCUT2D eigenvalue weighted by molar-refractivity contribution is 7.91. The first-order valence-electron chi connectivity index (χ1n) is 5.99. The van der Waals surface area contributed by atoms with E-state index >= 15 is 0 Å². The van der Waals surface area contributed by atoms with Gasteiger partial charge in [-0.05, 0) is 6.42 Å². The Morgan fingerprint density at radius 2 is 2.05 bits per heavy atom. The lowest BCUT2D eigenvalue weighted by Crippen LogP contribution is -2.40. The van der Waals surface area contributed by atoms with Crippen molar-refractivity contribution < 1.29 is 8.42 Å². The number of aromatic nitrogens is 2. The lowest BCUT2D eigenvalue weighted by Gasteiger charge is -2.11. The standard InChI is InChI=1S/C11H17N3O4S/c1-13-6-8(10(15)14(2)11(13)16)5-12-9-3-4-19(17,18)7-9/h6,9,12H,3-5,7H2,1-2H3. The van der Waals surface area contributed by atoms with Crippen molar-refractivity contribution in [1.82, 2.24) is 14.5 Å². The number of hydrogen-bond acceptors (Lipinski definition) is 5. The molecule has 1 aromatic rings. The molecule has 8 heteroatoms. The maximum atomic E-state index is 11.9. The minimum absolute atomic E-state index is 0.110. The van der Waals surface area contributed by atoms with Gasteiger partial charge in [0.15, 0.2) is 9.84 Å². The maximum Gasteiger partial charge on any atom is 0.330 e. The number of aryl methyl sites for hydroxylation is 1. The van der Waals surface area contributed by atoms with E-state index in [2.05, 4.69) is 5.32 Å². The molecule has 7 nitrogen and oxygen atoms in total. The van der Waals surface area contributed by atoms with Gasteiger partial charge in [0.2, 0.25) is 0 Å². The van der Waals surface area contributed by atoms with Crippen LogP contribution < -0.4 is 16.6 Å². The zero-order chi connectivity index (χ0) is 14.2. The highest BCUT2D eigenvalue weighted by Crippen LogP contribution is 2.11. The van der Waals surface area contributed by atoms with Gasteiger partial charge in [0, 0.05) is 38.4 Å². The van der Waals surface area contributed by atoms with Crippen molar-refractivity contribution in [2.75, 3.05) is 11.5 Å². The molecule has 106 valence electrons. The van der Waals surface area contributed by atoms with Crippen LogP contribution in [0.15, 0.2) is 15.8 Å². The molecule has 1 atom stereocenters. The normalized spacial score (nSPS) is 21.7. The second-order valence-electron chi connectivity index (χ2n) is 4.89. The molecule has 0 aromatic carbocycles. The molecule has 1 aliphatic heterocycles. The molecule has 1 fully saturated rings. The molecule has 0 saturated carbocycles. The van der Waals surface area contributed by atoms with Crippen LogP contribution >= 0.6 is 0 Å². The summed E-state index contributed by atoms with van der Waals surface area (Å²) in [6.45, 7) is 0.265. The first-order chi connectivity index (χ1) is 8.80. The molecule has 2 rings (SSSR count). The molecule has 1 unspecified atom stereocenters. The van der Waals surface area contributed by atoms with Gasteiger partial charge in [-0.3, -0.25) is 9.36 Å². The van der Waals surface area contributed by atoms with Crippen molar-refractivity contribution >= 4 is 9.84 Å². The van der Waals surface area contributed by atoms with E-state index in [1.54, 1.807) is 7.05 Å².